The van der Waals surface area contributed by atoms with Gasteiger partial charge < -0.3 is 24.4 Å². The summed E-state index contributed by atoms with van der Waals surface area (Å²) in [5, 5.41) is 13.9. The van der Waals surface area contributed by atoms with Crippen LogP contribution in [0.25, 0.3) is 11.0 Å². The summed E-state index contributed by atoms with van der Waals surface area (Å²) in [4.78, 5) is 35.7. The number of likely N-dealkylation sites (tertiary alicyclic amines) is 1. The molecule has 2 heterocycles. The van der Waals surface area contributed by atoms with Gasteiger partial charge in [0.15, 0.2) is 0 Å². The molecule has 1 N–H and O–H groups in total. The molecule has 4 aromatic rings. The lowest BCUT2D eigenvalue weighted by atomic mass is 9.87. The lowest BCUT2D eigenvalue weighted by Gasteiger charge is -2.37. The normalized spacial score (nSPS) is 15.9. The third kappa shape index (κ3) is 8.85. The fourth-order valence-corrected chi connectivity index (χ4v) is 6.32. The van der Waals surface area contributed by atoms with Gasteiger partial charge in [-0.1, -0.05) is 88.7 Å². The van der Waals surface area contributed by atoms with Crippen LogP contribution < -0.4 is 5.32 Å². The Morgan fingerprint density at radius 3 is 2.46 bits per heavy atom. The first-order chi connectivity index (χ1) is 23.8. The number of halogens is 1. The summed E-state index contributed by atoms with van der Waals surface area (Å²) in [6, 6.07) is 25.1. The molecule has 0 radical (unpaired) electrons. The van der Waals surface area contributed by atoms with Gasteiger partial charge in [-0.3, -0.25) is 4.79 Å². The highest BCUT2D eigenvalue weighted by Crippen LogP contribution is 2.34. The van der Waals surface area contributed by atoms with E-state index in [1.807, 2.05) is 86.6 Å². The average Bonchev–Trinajstić information content (AvgIpc) is 3.45. The van der Waals surface area contributed by atoms with E-state index in [4.69, 9.17) is 21.3 Å². The number of allylic oxidation sites excluding steroid dienone is 1. The Morgan fingerprint density at radius 1 is 1.08 bits per heavy atom. The number of anilines is 2. The summed E-state index contributed by atoms with van der Waals surface area (Å²) in [7, 11) is 0. The van der Waals surface area contributed by atoms with E-state index in [-0.39, 0.29) is 47.6 Å². The van der Waals surface area contributed by atoms with Crippen LogP contribution in [0.4, 0.5) is 16.4 Å². The number of hydrogen-bond donors (Lipinski definition) is 1. The number of piperidine rings is 1. The number of aromatic nitrogens is 2. The maximum Gasteiger partial charge on any atom is 0.410 e. The average molecular weight is 695 g/mol. The van der Waals surface area contributed by atoms with Crippen LogP contribution in [0.15, 0.2) is 84.4 Å². The molecule has 0 aliphatic carbocycles. The second-order valence-electron chi connectivity index (χ2n) is 14.5. The summed E-state index contributed by atoms with van der Waals surface area (Å²) in [6.45, 7) is 13.9. The van der Waals surface area contributed by atoms with E-state index in [0.717, 1.165) is 40.7 Å². The minimum Gasteiger partial charge on any atom is -0.445 e. The van der Waals surface area contributed by atoms with E-state index < -0.39 is 0 Å². The molecule has 1 aromatic heterocycles. The first-order valence-electron chi connectivity index (χ1n) is 17.3. The molecule has 1 unspecified atom stereocenters. The monoisotopic (exact) mass is 694 g/mol. The zero-order chi connectivity index (χ0) is 36.0. The van der Waals surface area contributed by atoms with E-state index in [1.165, 1.54) is 0 Å². The fourth-order valence-electron chi connectivity index (χ4n) is 6.20. The molecule has 0 spiro atoms. The smallest absolute Gasteiger partial charge is 0.410 e. The van der Waals surface area contributed by atoms with Gasteiger partial charge >= 0.3 is 6.09 Å². The van der Waals surface area contributed by atoms with Crippen molar-refractivity contribution in [2.75, 3.05) is 18.4 Å². The highest BCUT2D eigenvalue weighted by Gasteiger charge is 2.32. The zero-order valence-corrected chi connectivity index (χ0v) is 30.6. The summed E-state index contributed by atoms with van der Waals surface area (Å²) in [5.74, 6) is 0.486. The van der Waals surface area contributed by atoms with Crippen LogP contribution in [0.2, 0.25) is 5.02 Å². The molecular formula is C40H47ClN6O3. The lowest BCUT2D eigenvalue weighted by molar-refractivity contribution is -0.128. The summed E-state index contributed by atoms with van der Waals surface area (Å²) < 4.78 is 7.97. The van der Waals surface area contributed by atoms with Crippen LogP contribution in [0.3, 0.4) is 0 Å². The number of fused-ring (bicyclic) bond motifs is 1. The van der Waals surface area contributed by atoms with Crippen molar-refractivity contribution in [3.05, 3.63) is 101 Å². The van der Waals surface area contributed by atoms with Gasteiger partial charge in [-0.05, 0) is 78.6 Å². The molecule has 2 atom stereocenters. The molecule has 0 saturated carbocycles. The number of nitrogens with one attached hydrogen (secondary N) is 1. The maximum atomic E-state index is 13.6. The first kappa shape index (κ1) is 36.5. The second kappa shape index (κ2) is 15.8. The third-order valence-electron chi connectivity index (χ3n) is 9.27. The second-order valence-corrected chi connectivity index (χ2v) is 14.9. The Morgan fingerprint density at radius 2 is 1.80 bits per heavy atom. The lowest BCUT2D eigenvalue weighted by Crippen LogP contribution is -2.45. The number of carbonyl (C=O) groups is 2. The van der Waals surface area contributed by atoms with Crippen LogP contribution in [0.1, 0.15) is 71.6 Å². The van der Waals surface area contributed by atoms with Gasteiger partial charge in [-0.15, -0.1) is 0 Å². The fraction of sp³-hybridized carbons (Fsp3) is 0.400. The van der Waals surface area contributed by atoms with Crippen molar-refractivity contribution in [2.24, 2.45) is 11.3 Å². The number of rotatable bonds is 10. The van der Waals surface area contributed by atoms with Crippen LogP contribution in [0, 0.1) is 22.7 Å². The molecule has 1 saturated heterocycles. The topological polar surface area (TPSA) is 103 Å². The quantitative estimate of drug-likeness (QED) is 0.131. The summed E-state index contributed by atoms with van der Waals surface area (Å²) in [6.07, 6.45) is 2.99. The first-order valence-corrected chi connectivity index (χ1v) is 17.6. The molecular weight excluding hydrogens is 648 g/mol. The number of hydrogen-bond acceptors (Lipinski definition) is 6. The van der Waals surface area contributed by atoms with E-state index in [1.54, 1.807) is 15.9 Å². The van der Waals surface area contributed by atoms with E-state index >= 15 is 0 Å². The standard InChI is InChI=1S/C40H47ClN6O3/c1-27(2)21-31(23-42)37(48)45-20-10-13-34(25-45)47-36-19-14-30(22-35(36)44-38(47)43-33-17-15-32(41)16-18-33)24-46(28(3)40(4,5)6)39(49)50-26-29-11-8-7-9-12-29/h7-9,11-12,14-19,21-22,27-28,34H,10,13,20,24-26H2,1-6H3,(H,43,44)/t28-,34?/m0/s1. The van der Waals surface area contributed by atoms with Gasteiger partial charge in [0, 0.05) is 36.4 Å². The maximum absolute atomic E-state index is 13.6. The van der Waals surface area contributed by atoms with Crippen LogP contribution in [-0.4, -0.2) is 50.5 Å². The number of benzene rings is 3. The third-order valence-corrected chi connectivity index (χ3v) is 9.52. The number of nitriles is 1. The van der Waals surface area contributed by atoms with Crippen LogP contribution >= 0.6 is 11.6 Å². The molecule has 5 rings (SSSR count). The van der Waals surface area contributed by atoms with E-state index in [9.17, 15) is 14.9 Å². The largest absolute Gasteiger partial charge is 0.445 e. The molecule has 1 aliphatic rings. The van der Waals surface area contributed by atoms with Gasteiger partial charge in [0.25, 0.3) is 5.91 Å². The highest BCUT2D eigenvalue weighted by atomic mass is 35.5. The Balaban J connectivity index is 1.48. The predicted octanol–water partition coefficient (Wildman–Crippen LogP) is 9.28. The molecule has 10 heteroatoms. The van der Waals surface area contributed by atoms with Gasteiger partial charge in [0.1, 0.15) is 18.2 Å². The minimum atomic E-state index is -0.373. The van der Waals surface area contributed by atoms with Gasteiger partial charge in [0.05, 0.1) is 17.1 Å². The molecule has 9 nitrogen and oxygen atoms in total. The van der Waals surface area contributed by atoms with E-state index in [0.29, 0.717) is 30.6 Å². The summed E-state index contributed by atoms with van der Waals surface area (Å²) >= 11 is 6.18. The van der Waals surface area contributed by atoms with Crippen molar-refractivity contribution < 1.29 is 14.3 Å². The summed E-state index contributed by atoms with van der Waals surface area (Å²) in [5.41, 5.74) is 4.34. The number of ether oxygens (including phenoxy) is 1. The van der Waals surface area contributed by atoms with E-state index in [2.05, 4.69) is 43.6 Å². The molecule has 2 amide bonds. The van der Waals surface area contributed by atoms with Crippen LogP contribution in [0.5, 0.6) is 0 Å². The van der Waals surface area contributed by atoms with Crippen molar-refractivity contribution in [3.63, 3.8) is 0 Å². The predicted molar refractivity (Wildman–Crippen MR) is 199 cm³/mol. The number of amides is 2. The van der Waals surface area contributed by atoms with Crippen molar-refractivity contribution in [1.29, 1.82) is 5.26 Å². The Labute approximate surface area is 300 Å². The van der Waals surface area contributed by atoms with Crippen LogP contribution in [-0.2, 0) is 22.7 Å². The molecule has 3 aromatic carbocycles. The van der Waals surface area contributed by atoms with Crippen molar-refractivity contribution in [1.82, 2.24) is 19.4 Å². The number of imidazole rings is 1. The van der Waals surface area contributed by atoms with Crippen molar-refractivity contribution in [3.8, 4) is 6.07 Å². The number of carbonyl (C=O) groups excluding carboxylic acids is 2. The van der Waals surface area contributed by atoms with Crippen molar-refractivity contribution in [2.45, 2.75) is 79.6 Å². The molecule has 262 valence electrons. The van der Waals surface area contributed by atoms with Crippen molar-refractivity contribution >= 4 is 46.3 Å². The minimum absolute atomic E-state index is 0.0808. The van der Waals surface area contributed by atoms with Gasteiger partial charge in [0.2, 0.25) is 5.95 Å². The molecule has 1 aliphatic heterocycles. The Hall–Kier alpha value is -4.81. The molecule has 0 bridgehead atoms. The zero-order valence-electron chi connectivity index (χ0n) is 29.8. The Kier molecular flexibility index (Phi) is 11.5. The molecule has 50 heavy (non-hydrogen) atoms. The Bertz CT molecular complexity index is 1870. The van der Waals surface area contributed by atoms with Gasteiger partial charge in [-0.25, -0.2) is 9.78 Å². The SMILES string of the molecule is CC(C)C=C(C#N)C(=O)N1CCCC(n2c(Nc3ccc(Cl)cc3)nc3cc(CN(C(=O)OCc4ccccc4)[C@@H](C)C(C)(C)C)ccc32)C1. The highest BCUT2D eigenvalue weighted by molar-refractivity contribution is 6.30. The van der Waals surface area contributed by atoms with Gasteiger partial charge in [-0.2, -0.15) is 5.26 Å². The molecule has 1 fully saturated rings. The number of nitrogens with zero attached hydrogens (tertiary/aromatic N) is 5.